The van der Waals surface area contributed by atoms with E-state index in [4.69, 9.17) is 29.4 Å². The van der Waals surface area contributed by atoms with Crippen LogP contribution >= 0.6 is 0 Å². The molecule has 8 N–H and O–H groups in total. The van der Waals surface area contributed by atoms with E-state index in [2.05, 4.69) is 37.9 Å². The van der Waals surface area contributed by atoms with Gasteiger partial charge < -0.3 is 70.7 Å². The van der Waals surface area contributed by atoms with Crippen LogP contribution in [0, 0.1) is 35.5 Å². The summed E-state index contributed by atoms with van der Waals surface area (Å²) in [5.41, 5.74) is 6.24. The van der Waals surface area contributed by atoms with Crippen molar-refractivity contribution in [3.05, 3.63) is 36.5 Å². The number of methoxy groups -OCH3 is 2. The van der Waals surface area contributed by atoms with Gasteiger partial charge >= 0.3 is 6.03 Å². The maximum atomic E-state index is 14.5. The van der Waals surface area contributed by atoms with Crippen molar-refractivity contribution in [3.63, 3.8) is 0 Å². The van der Waals surface area contributed by atoms with Gasteiger partial charge in [0.15, 0.2) is 0 Å². The van der Waals surface area contributed by atoms with Crippen molar-refractivity contribution in [2.45, 2.75) is 187 Å². The molecule has 0 spiro atoms. The Morgan fingerprint density at radius 2 is 1.35 bits per heavy atom. The molecule has 1 aromatic carbocycles. The highest BCUT2D eigenvalue weighted by Crippen LogP contribution is 2.31. The highest BCUT2D eigenvalue weighted by Gasteiger charge is 2.44. The number of likely N-dealkylation sites (tertiary alicyclic amines) is 2. The van der Waals surface area contributed by atoms with E-state index in [0.29, 0.717) is 84.6 Å². The lowest BCUT2D eigenvalue weighted by Crippen LogP contribution is -2.59. The number of carbonyl (C=O) groups excluding carboxylic acids is 9. The van der Waals surface area contributed by atoms with Crippen LogP contribution in [-0.2, 0) is 72.1 Å². The van der Waals surface area contributed by atoms with Gasteiger partial charge in [-0.15, -0.1) is 0 Å². The molecule has 0 aliphatic carbocycles. The molecule has 0 aromatic heterocycles. The van der Waals surface area contributed by atoms with Crippen molar-refractivity contribution in [2.75, 3.05) is 100.0 Å². The first-order valence-corrected chi connectivity index (χ1v) is 34.2. The van der Waals surface area contributed by atoms with Crippen LogP contribution < -0.4 is 37.0 Å². The zero-order valence-corrected chi connectivity index (χ0v) is 58.7. The molecule has 27 nitrogen and oxygen atoms in total. The number of ether oxygens (including phenoxy) is 5. The van der Waals surface area contributed by atoms with E-state index >= 15 is 0 Å². The first kappa shape index (κ1) is 80.9. The minimum atomic E-state index is -4.52. The number of allylic oxidation sites excluding steroid dienone is 1. The third-order valence-electron chi connectivity index (χ3n) is 17.3. The van der Waals surface area contributed by atoms with Gasteiger partial charge in [0.25, 0.3) is 10.0 Å². The predicted molar refractivity (Wildman–Crippen MR) is 352 cm³/mol. The summed E-state index contributed by atoms with van der Waals surface area (Å²) in [5.74, 6) is -5.15. The average molecular weight is 1330 g/mol. The number of hydrogen-bond acceptors (Lipinski definition) is 17. The number of nitrogens with one attached hydrogen (secondary N) is 6. The molecule has 2 fully saturated rings. The molecule has 528 valence electrons. The third kappa shape index (κ3) is 25.4. The molecule has 1 aromatic rings. The van der Waals surface area contributed by atoms with E-state index in [9.17, 15) is 51.6 Å². The van der Waals surface area contributed by atoms with Crippen molar-refractivity contribution in [1.29, 1.82) is 0 Å². The third-order valence-corrected chi connectivity index (χ3v) is 18.6. The summed E-state index contributed by atoms with van der Waals surface area (Å²) < 4.78 is 58.4. The van der Waals surface area contributed by atoms with Crippen molar-refractivity contribution >= 4 is 69.0 Å². The lowest BCUT2D eigenvalue weighted by atomic mass is 9.89. The van der Waals surface area contributed by atoms with Crippen molar-refractivity contribution in [3.8, 4) is 0 Å². The Labute approximate surface area is 552 Å². The Balaban J connectivity index is 1.60. The quantitative estimate of drug-likeness (QED) is 0.0458. The Morgan fingerprint density at radius 1 is 0.753 bits per heavy atom. The number of urea groups is 1. The Morgan fingerprint density at radius 3 is 1.88 bits per heavy atom. The average Bonchev–Trinajstić information content (AvgIpc) is 1.80. The summed E-state index contributed by atoms with van der Waals surface area (Å²) in [6.07, 6.45) is 1.67. The maximum absolute atomic E-state index is 14.5. The number of nitrogens with zero attached hydrogens (tertiary/aromatic N) is 4. The second-order valence-corrected chi connectivity index (χ2v) is 27.4. The number of rotatable bonds is 43. The summed E-state index contributed by atoms with van der Waals surface area (Å²) in [6, 6.07) is -0.546. The molecule has 28 heteroatoms. The second-order valence-electron chi connectivity index (χ2n) is 25.7. The van der Waals surface area contributed by atoms with Crippen LogP contribution in [0.1, 0.15) is 133 Å². The number of sulfonamides is 1. The van der Waals surface area contributed by atoms with Gasteiger partial charge in [0, 0.05) is 84.3 Å². The normalized spacial score (nSPS) is 18.1. The maximum Gasteiger partial charge on any atom is 0.312 e. The number of carbonyl (C=O) groups is 9. The Hall–Kier alpha value is -6.30. The molecule has 10 amide bonds. The Kier molecular flexibility index (Phi) is 35.0. The highest BCUT2D eigenvalue weighted by molar-refractivity contribution is 7.90. The summed E-state index contributed by atoms with van der Waals surface area (Å²) in [6.45, 7) is 25.7. The SMILES string of the molecule is C=C1C(C)CC(=O)N1CCCOCCOCCOCCCC(=O)N[C@H](C(=O)N[C@@H](CCCNC(N)=O)C(=O)Nc1ccc(S(=O)(=O)NC(=O)[C@H](C)[C@@H](OC)[C@@H]2CCCN2C(=O)C[C@@H](OC)[C@H]([C@@H](C)CC)N(C)C(=O)[C@@H](NC(=O)[C@H](C(C)C)N(C)C)C(C)C)cc1)C(C)C. The standard InChI is InChI=1S/C65H111N11O16S/c1-17-43(8)58(74(14)64(84)56(41(4)5)71-63(83)57(42(6)7)73(12)13)51(88-15)39-54(79)76-30-19-23-50(76)59(89-16)45(10)60(80)72-93(86,87)48-27-25-47(26-28-48)68-61(81)49(22-18-29-67-65(66)85)69-62(82)55(40(2)3)70-52(77)24-20-32-90-34-36-92-37-35-91-33-21-31-75-46(11)44(9)38-53(75)78/h25-28,40-45,49-51,55-59H,11,17-24,29-39H2,1-10,12-16H3,(H,68,81)(H,69,82)(H,70,77)(H,71,83)(H,72,80)(H3,66,67,85)/t43-,44?,45+,49-,50-,51+,55-,56-,57-,58-,59+/m0/s1. The van der Waals surface area contributed by atoms with Gasteiger partial charge in [-0.1, -0.05) is 82.2 Å². The summed E-state index contributed by atoms with van der Waals surface area (Å²) >= 11 is 0. The zero-order chi connectivity index (χ0) is 69.9. The lowest BCUT2D eigenvalue weighted by molar-refractivity contribution is -0.148. The molecule has 0 bridgehead atoms. The number of benzene rings is 1. The predicted octanol–water partition coefficient (Wildman–Crippen LogP) is 3.75. The van der Waals surface area contributed by atoms with E-state index in [1.807, 2.05) is 67.5 Å². The smallest absolute Gasteiger partial charge is 0.312 e. The molecule has 0 radical (unpaired) electrons. The largest absolute Gasteiger partial charge is 0.379 e. The van der Waals surface area contributed by atoms with Gasteiger partial charge in [-0.2, -0.15) is 0 Å². The van der Waals surface area contributed by atoms with Gasteiger partial charge in [0.05, 0.1) is 74.0 Å². The van der Waals surface area contributed by atoms with Gasteiger partial charge in [-0.05, 0) is 101 Å². The molecule has 11 atom stereocenters. The van der Waals surface area contributed by atoms with E-state index in [1.54, 1.807) is 35.6 Å². The fourth-order valence-electron chi connectivity index (χ4n) is 11.9. The van der Waals surface area contributed by atoms with Gasteiger partial charge in [0.2, 0.25) is 47.3 Å². The first-order chi connectivity index (χ1) is 43.8. The molecule has 2 heterocycles. The summed E-state index contributed by atoms with van der Waals surface area (Å²) in [5, 5.41) is 13.6. The molecule has 0 saturated carbocycles. The molecule has 2 aliphatic rings. The second kappa shape index (κ2) is 40.2. The number of nitrogens with two attached hydrogens (primary N) is 1. The van der Waals surface area contributed by atoms with E-state index in [1.165, 1.54) is 45.4 Å². The Bertz CT molecular complexity index is 2710. The number of anilines is 1. The molecular weight excluding hydrogens is 1220 g/mol. The number of amides is 10. The highest BCUT2D eigenvalue weighted by atomic mass is 32.2. The van der Waals surface area contributed by atoms with Crippen LogP contribution in [-0.4, -0.2) is 224 Å². The van der Waals surface area contributed by atoms with Crippen LogP contribution in [0.4, 0.5) is 10.5 Å². The summed E-state index contributed by atoms with van der Waals surface area (Å²) in [4.78, 5) is 127. The minimum Gasteiger partial charge on any atom is -0.379 e. The van der Waals surface area contributed by atoms with Crippen LogP contribution in [0.2, 0.25) is 0 Å². The van der Waals surface area contributed by atoms with Crippen LogP contribution in [0.25, 0.3) is 0 Å². The van der Waals surface area contributed by atoms with Gasteiger partial charge in [0.1, 0.15) is 18.1 Å². The molecule has 2 saturated heterocycles. The molecule has 2 aliphatic heterocycles. The van der Waals surface area contributed by atoms with Crippen LogP contribution in [0.3, 0.4) is 0 Å². The number of likely N-dealkylation sites (N-methyl/N-ethyl adjacent to an activating group) is 2. The molecule has 93 heavy (non-hydrogen) atoms. The van der Waals surface area contributed by atoms with Crippen LogP contribution in [0.5, 0.6) is 0 Å². The minimum absolute atomic E-state index is 0.0197. The van der Waals surface area contributed by atoms with Gasteiger partial charge in [-0.25, -0.2) is 17.9 Å². The summed E-state index contributed by atoms with van der Waals surface area (Å²) in [7, 11) is 3.66. The van der Waals surface area contributed by atoms with E-state index in [-0.39, 0.29) is 96.7 Å². The molecule has 3 rings (SSSR count). The number of primary amides is 1. The van der Waals surface area contributed by atoms with Crippen molar-refractivity contribution in [2.24, 2.45) is 41.2 Å². The van der Waals surface area contributed by atoms with Crippen LogP contribution in [0.15, 0.2) is 41.4 Å². The van der Waals surface area contributed by atoms with E-state index in [0.717, 1.165) is 5.70 Å². The van der Waals surface area contributed by atoms with Crippen molar-refractivity contribution in [1.82, 2.24) is 45.6 Å². The molecule has 1 unspecified atom stereocenters. The van der Waals surface area contributed by atoms with Crippen molar-refractivity contribution < 1.29 is 75.3 Å². The first-order valence-electron chi connectivity index (χ1n) is 32.7. The fraction of sp³-hybridized carbons (Fsp3) is 0.738. The monoisotopic (exact) mass is 1330 g/mol. The molecular formula is C65H111N11O16S. The fourth-order valence-corrected chi connectivity index (χ4v) is 12.9. The number of hydrogen-bond donors (Lipinski definition) is 7. The zero-order valence-electron chi connectivity index (χ0n) is 57.8. The topological polar surface area (TPSA) is 345 Å². The van der Waals surface area contributed by atoms with Gasteiger partial charge in [-0.3, -0.25) is 43.3 Å². The van der Waals surface area contributed by atoms with E-state index < -0.39 is 100.0 Å². The lowest BCUT2D eigenvalue weighted by Gasteiger charge is -2.41.